The molecule has 1 heterocycles. The molecule has 2 unspecified atom stereocenters. The fourth-order valence-corrected chi connectivity index (χ4v) is 3.17. The van der Waals surface area contributed by atoms with E-state index in [1.165, 1.54) is 7.11 Å². The van der Waals surface area contributed by atoms with Gasteiger partial charge in [-0.15, -0.1) is 0 Å². The van der Waals surface area contributed by atoms with E-state index in [2.05, 4.69) is 5.32 Å². The minimum atomic E-state index is -1.09. The first-order chi connectivity index (χ1) is 12.4. The largest absolute Gasteiger partial charge is 0.497 e. The lowest BCUT2D eigenvalue weighted by Gasteiger charge is -2.31. The number of carbonyl (C=O) groups is 2. The molecule has 0 bridgehead atoms. The quantitative estimate of drug-likeness (QED) is 0.832. The molecule has 0 saturated heterocycles. The van der Waals surface area contributed by atoms with E-state index in [1.54, 1.807) is 31.2 Å². The molecule has 2 atom stereocenters. The third-order valence-corrected chi connectivity index (χ3v) is 4.55. The van der Waals surface area contributed by atoms with Crippen LogP contribution in [-0.2, 0) is 21.5 Å². The summed E-state index contributed by atoms with van der Waals surface area (Å²) in [5.41, 5.74) is 0.535. The molecular weight excluding hydrogens is 334 g/mol. The molecule has 1 amide bonds. The van der Waals surface area contributed by atoms with Gasteiger partial charge in [-0.2, -0.15) is 0 Å². The second-order valence-electron chi connectivity index (χ2n) is 6.54. The first-order valence-electron chi connectivity index (χ1n) is 8.34. The molecule has 0 aliphatic carbocycles. The summed E-state index contributed by atoms with van der Waals surface area (Å²) >= 11 is 0. The SMILES string of the molecule is COc1cccc(C(C)(CC(=O)O)NC(=O)C2Cc3ccccc3O2)c1. The molecule has 6 heteroatoms. The fourth-order valence-electron chi connectivity index (χ4n) is 3.17. The highest BCUT2D eigenvalue weighted by molar-refractivity contribution is 5.84. The molecule has 136 valence electrons. The Kier molecular flexibility index (Phi) is 4.84. The van der Waals surface area contributed by atoms with Gasteiger partial charge in [0.25, 0.3) is 5.91 Å². The maximum Gasteiger partial charge on any atom is 0.306 e. The van der Waals surface area contributed by atoms with Crippen molar-refractivity contribution in [1.29, 1.82) is 0 Å². The number of methoxy groups -OCH3 is 1. The topological polar surface area (TPSA) is 84.9 Å². The summed E-state index contributed by atoms with van der Waals surface area (Å²) in [4.78, 5) is 24.2. The Balaban J connectivity index is 1.82. The van der Waals surface area contributed by atoms with Crippen LogP contribution in [0.1, 0.15) is 24.5 Å². The molecule has 2 aromatic carbocycles. The molecule has 0 radical (unpaired) electrons. The number of aliphatic carboxylic acids is 1. The van der Waals surface area contributed by atoms with Crippen molar-refractivity contribution >= 4 is 11.9 Å². The summed E-state index contributed by atoms with van der Waals surface area (Å²) in [5.74, 6) is -0.0640. The van der Waals surface area contributed by atoms with Gasteiger partial charge < -0.3 is 19.9 Å². The summed E-state index contributed by atoms with van der Waals surface area (Å²) < 4.78 is 10.9. The number of carboxylic acids is 1. The average molecular weight is 355 g/mol. The second-order valence-corrected chi connectivity index (χ2v) is 6.54. The smallest absolute Gasteiger partial charge is 0.306 e. The minimum Gasteiger partial charge on any atom is -0.497 e. The fraction of sp³-hybridized carbons (Fsp3) is 0.300. The van der Waals surface area contributed by atoms with Crippen molar-refractivity contribution in [2.75, 3.05) is 7.11 Å². The van der Waals surface area contributed by atoms with Crippen LogP contribution in [-0.4, -0.2) is 30.2 Å². The van der Waals surface area contributed by atoms with Gasteiger partial charge in [0.05, 0.1) is 19.1 Å². The Morgan fingerprint density at radius 1 is 1.27 bits per heavy atom. The normalized spacial score (nSPS) is 17.5. The van der Waals surface area contributed by atoms with Gasteiger partial charge in [0, 0.05) is 6.42 Å². The zero-order chi connectivity index (χ0) is 18.7. The third-order valence-electron chi connectivity index (χ3n) is 4.55. The van der Waals surface area contributed by atoms with Gasteiger partial charge >= 0.3 is 5.97 Å². The molecule has 2 N–H and O–H groups in total. The van der Waals surface area contributed by atoms with Crippen LogP contribution < -0.4 is 14.8 Å². The number of amides is 1. The monoisotopic (exact) mass is 355 g/mol. The maximum absolute atomic E-state index is 12.8. The van der Waals surface area contributed by atoms with Gasteiger partial charge in [-0.25, -0.2) is 0 Å². The summed E-state index contributed by atoms with van der Waals surface area (Å²) in [5, 5.41) is 12.2. The Hall–Kier alpha value is -3.02. The third kappa shape index (κ3) is 3.64. The van der Waals surface area contributed by atoms with Gasteiger partial charge in [0.1, 0.15) is 11.5 Å². The van der Waals surface area contributed by atoms with E-state index in [0.29, 0.717) is 23.5 Å². The van der Waals surface area contributed by atoms with Crippen molar-refractivity contribution in [2.24, 2.45) is 0 Å². The first kappa shape index (κ1) is 17.8. The molecule has 1 aliphatic rings. The molecule has 3 rings (SSSR count). The molecule has 0 fully saturated rings. The minimum absolute atomic E-state index is 0.258. The van der Waals surface area contributed by atoms with Crippen molar-refractivity contribution < 1.29 is 24.2 Å². The van der Waals surface area contributed by atoms with E-state index < -0.39 is 17.6 Å². The lowest BCUT2D eigenvalue weighted by molar-refractivity contribution is -0.139. The van der Waals surface area contributed by atoms with E-state index in [1.807, 2.05) is 24.3 Å². The number of benzene rings is 2. The number of hydrogen-bond donors (Lipinski definition) is 2. The van der Waals surface area contributed by atoms with Crippen molar-refractivity contribution in [3.63, 3.8) is 0 Å². The van der Waals surface area contributed by atoms with E-state index in [9.17, 15) is 14.7 Å². The predicted molar refractivity (Wildman–Crippen MR) is 95.3 cm³/mol. The van der Waals surface area contributed by atoms with Crippen LogP contribution in [0.2, 0.25) is 0 Å². The van der Waals surface area contributed by atoms with E-state index in [0.717, 1.165) is 5.56 Å². The average Bonchev–Trinajstić information content (AvgIpc) is 3.05. The summed E-state index contributed by atoms with van der Waals surface area (Å²) in [6.07, 6.45) is -0.472. The number of ether oxygens (including phenoxy) is 2. The lowest BCUT2D eigenvalue weighted by atomic mass is 9.88. The van der Waals surface area contributed by atoms with Crippen molar-refractivity contribution in [1.82, 2.24) is 5.32 Å². The lowest BCUT2D eigenvalue weighted by Crippen LogP contribution is -2.50. The van der Waals surface area contributed by atoms with Gasteiger partial charge in [-0.05, 0) is 36.2 Å². The maximum atomic E-state index is 12.8. The van der Waals surface area contributed by atoms with Crippen LogP contribution in [0, 0.1) is 0 Å². The van der Waals surface area contributed by atoms with Gasteiger partial charge in [-0.3, -0.25) is 9.59 Å². The number of fused-ring (bicyclic) bond motifs is 1. The van der Waals surface area contributed by atoms with Crippen LogP contribution in [0.3, 0.4) is 0 Å². The summed E-state index contributed by atoms with van der Waals surface area (Å²) in [6, 6.07) is 14.5. The number of carboxylic acid groups (broad SMARTS) is 1. The highest BCUT2D eigenvalue weighted by Crippen LogP contribution is 2.31. The Morgan fingerprint density at radius 3 is 2.73 bits per heavy atom. The highest BCUT2D eigenvalue weighted by Gasteiger charge is 2.36. The van der Waals surface area contributed by atoms with E-state index in [4.69, 9.17) is 9.47 Å². The zero-order valence-corrected chi connectivity index (χ0v) is 14.7. The summed E-state index contributed by atoms with van der Waals surface area (Å²) in [7, 11) is 1.54. The predicted octanol–water partition coefficient (Wildman–Crippen LogP) is 2.51. The Bertz CT molecular complexity index is 809. The molecule has 26 heavy (non-hydrogen) atoms. The van der Waals surface area contributed by atoms with Crippen LogP contribution in [0.5, 0.6) is 11.5 Å². The van der Waals surface area contributed by atoms with Crippen molar-refractivity contribution in [3.05, 3.63) is 59.7 Å². The van der Waals surface area contributed by atoms with Crippen molar-refractivity contribution in [2.45, 2.75) is 31.4 Å². The van der Waals surface area contributed by atoms with Gasteiger partial charge in [-0.1, -0.05) is 30.3 Å². The molecule has 2 aromatic rings. The number of hydrogen-bond acceptors (Lipinski definition) is 4. The molecule has 0 aromatic heterocycles. The van der Waals surface area contributed by atoms with Crippen LogP contribution >= 0.6 is 0 Å². The van der Waals surface area contributed by atoms with Crippen LogP contribution in [0.25, 0.3) is 0 Å². The Labute approximate surface area is 151 Å². The van der Waals surface area contributed by atoms with Gasteiger partial charge in [0.2, 0.25) is 0 Å². The number of carbonyl (C=O) groups excluding carboxylic acids is 1. The van der Waals surface area contributed by atoms with E-state index >= 15 is 0 Å². The molecule has 0 spiro atoms. The highest BCUT2D eigenvalue weighted by atomic mass is 16.5. The van der Waals surface area contributed by atoms with Crippen LogP contribution in [0.4, 0.5) is 0 Å². The number of nitrogens with one attached hydrogen (secondary N) is 1. The van der Waals surface area contributed by atoms with Crippen LogP contribution in [0.15, 0.2) is 48.5 Å². The summed E-state index contributed by atoms with van der Waals surface area (Å²) in [6.45, 7) is 1.69. The van der Waals surface area contributed by atoms with Gasteiger partial charge in [0.15, 0.2) is 6.10 Å². The molecule has 0 saturated carbocycles. The number of para-hydroxylation sites is 1. The molecule has 1 aliphatic heterocycles. The first-order valence-corrected chi connectivity index (χ1v) is 8.34. The van der Waals surface area contributed by atoms with Crippen molar-refractivity contribution in [3.8, 4) is 11.5 Å². The Morgan fingerprint density at radius 2 is 2.04 bits per heavy atom. The number of rotatable bonds is 6. The second kappa shape index (κ2) is 7.07. The molecular formula is C20H21NO5. The standard InChI is InChI=1S/C20H21NO5/c1-20(12-18(22)23,14-7-5-8-15(11-14)25-2)21-19(24)17-10-13-6-3-4-9-16(13)26-17/h3-9,11,17H,10,12H2,1-2H3,(H,21,24)(H,22,23). The zero-order valence-electron chi connectivity index (χ0n) is 14.7. The van der Waals surface area contributed by atoms with E-state index in [-0.39, 0.29) is 12.3 Å². The molecule has 6 nitrogen and oxygen atoms in total.